The van der Waals surface area contributed by atoms with Crippen LogP contribution in [0.15, 0.2) is 30.5 Å². The molecule has 0 aliphatic heterocycles. The molecular formula is C19H21N3O3S. The van der Waals surface area contributed by atoms with E-state index < -0.39 is 5.97 Å². The summed E-state index contributed by atoms with van der Waals surface area (Å²) in [5, 5.41) is 13.7. The van der Waals surface area contributed by atoms with Crippen molar-refractivity contribution in [1.82, 2.24) is 9.55 Å². The fraction of sp³-hybridized carbons (Fsp3) is 0.316. The van der Waals surface area contributed by atoms with Crippen LogP contribution in [0.3, 0.4) is 0 Å². The van der Waals surface area contributed by atoms with Gasteiger partial charge in [0.15, 0.2) is 0 Å². The topological polar surface area (TPSA) is 84.2 Å². The van der Waals surface area contributed by atoms with Crippen LogP contribution in [-0.2, 0) is 16.8 Å². The van der Waals surface area contributed by atoms with E-state index in [1.807, 2.05) is 25.1 Å². The third-order valence-corrected chi connectivity index (χ3v) is 5.56. The second kappa shape index (κ2) is 6.57. The molecule has 26 heavy (non-hydrogen) atoms. The third-order valence-electron chi connectivity index (χ3n) is 3.98. The quantitative estimate of drug-likeness (QED) is 0.725. The fourth-order valence-corrected chi connectivity index (χ4v) is 3.70. The first kappa shape index (κ1) is 18.1. The molecule has 2 aromatic heterocycles. The van der Waals surface area contributed by atoms with Gasteiger partial charge in [0.2, 0.25) is 0 Å². The van der Waals surface area contributed by atoms with Crippen molar-refractivity contribution >= 4 is 39.8 Å². The molecule has 0 saturated heterocycles. The van der Waals surface area contributed by atoms with Gasteiger partial charge in [0, 0.05) is 28.2 Å². The molecule has 0 atom stereocenters. The lowest BCUT2D eigenvalue weighted by molar-refractivity contribution is -0.137. The number of carbonyl (C=O) groups excluding carboxylic acids is 1. The zero-order valence-electron chi connectivity index (χ0n) is 15.2. The van der Waals surface area contributed by atoms with E-state index in [-0.39, 0.29) is 17.9 Å². The Hall–Kier alpha value is -2.67. The molecule has 2 heterocycles. The summed E-state index contributed by atoms with van der Waals surface area (Å²) in [5.74, 6) is -1.07. The Kier molecular flexibility index (Phi) is 4.58. The molecule has 3 rings (SSSR count). The van der Waals surface area contributed by atoms with Crippen LogP contribution in [0.25, 0.3) is 10.9 Å². The van der Waals surface area contributed by atoms with Gasteiger partial charge >= 0.3 is 5.97 Å². The van der Waals surface area contributed by atoms with Crippen LogP contribution in [-0.4, -0.2) is 26.5 Å². The van der Waals surface area contributed by atoms with Crippen LogP contribution < -0.4 is 5.32 Å². The zero-order chi connectivity index (χ0) is 19.1. The van der Waals surface area contributed by atoms with Crippen LogP contribution >= 0.6 is 11.3 Å². The number of carboxylic acid groups (broad SMARTS) is 1. The Balaban J connectivity index is 1.84. The maximum absolute atomic E-state index is 12.6. The minimum atomic E-state index is -0.893. The van der Waals surface area contributed by atoms with Gasteiger partial charge in [-0.15, -0.1) is 11.3 Å². The molecule has 1 amide bonds. The highest BCUT2D eigenvalue weighted by Crippen LogP contribution is 2.30. The van der Waals surface area contributed by atoms with Crippen molar-refractivity contribution in [3.8, 4) is 0 Å². The van der Waals surface area contributed by atoms with E-state index in [9.17, 15) is 9.59 Å². The van der Waals surface area contributed by atoms with Crippen molar-refractivity contribution < 1.29 is 14.7 Å². The van der Waals surface area contributed by atoms with E-state index in [0.29, 0.717) is 10.6 Å². The summed E-state index contributed by atoms with van der Waals surface area (Å²) >= 11 is 1.42. The molecule has 0 saturated carbocycles. The van der Waals surface area contributed by atoms with Gasteiger partial charge in [0.25, 0.3) is 5.91 Å². The molecule has 0 bridgehead atoms. The Morgan fingerprint density at radius 2 is 2.00 bits per heavy atom. The van der Waals surface area contributed by atoms with Gasteiger partial charge < -0.3 is 15.0 Å². The van der Waals surface area contributed by atoms with Gasteiger partial charge in [0.1, 0.15) is 11.4 Å². The first-order chi connectivity index (χ1) is 12.1. The number of hydrogen-bond acceptors (Lipinski definition) is 4. The van der Waals surface area contributed by atoms with E-state index in [1.54, 1.807) is 16.8 Å². The Labute approximate surface area is 155 Å². The van der Waals surface area contributed by atoms with E-state index in [0.717, 1.165) is 21.6 Å². The van der Waals surface area contributed by atoms with Crippen molar-refractivity contribution in [2.45, 2.75) is 39.7 Å². The Morgan fingerprint density at radius 1 is 1.27 bits per heavy atom. The molecule has 0 unspecified atom stereocenters. The summed E-state index contributed by atoms with van der Waals surface area (Å²) in [5.41, 5.74) is 2.11. The molecule has 0 aliphatic carbocycles. The number of rotatable bonds is 4. The summed E-state index contributed by atoms with van der Waals surface area (Å²) < 4.78 is 1.66. The smallest absolute Gasteiger partial charge is 0.323 e. The summed E-state index contributed by atoms with van der Waals surface area (Å²) in [6.07, 6.45) is 1.73. The molecule has 1 aromatic carbocycles. The van der Waals surface area contributed by atoms with Crippen LogP contribution in [0.2, 0.25) is 0 Å². The first-order valence-electron chi connectivity index (χ1n) is 8.25. The average molecular weight is 371 g/mol. The van der Waals surface area contributed by atoms with Crippen LogP contribution in [0.1, 0.15) is 41.1 Å². The number of carboxylic acids is 1. The molecule has 0 aliphatic rings. The molecule has 6 nitrogen and oxygen atoms in total. The molecule has 136 valence electrons. The van der Waals surface area contributed by atoms with Gasteiger partial charge in [-0.05, 0) is 31.2 Å². The van der Waals surface area contributed by atoms with E-state index >= 15 is 0 Å². The minimum absolute atomic E-state index is 0.0924. The van der Waals surface area contributed by atoms with Crippen LogP contribution in [0.5, 0.6) is 0 Å². The number of nitrogens with zero attached hydrogens (tertiary/aromatic N) is 2. The highest BCUT2D eigenvalue weighted by atomic mass is 32.1. The molecule has 0 spiro atoms. The lowest BCUT2D eigenvalue weighted by Gasteiger charge is -2.13. The van der Waals surface area contributed by atoms with Crippen molar-refractivity contribution in [1.29, 1.82) is 0 Å². The van der Waals surface area contributed by atoms with E-state index in [1.165, 1.54) is 11.3 Å². The molecule has 0 radical (unpaired) electrons. The SMILES string of the molecule is Cc1nc(C(C)(C)C)sc1C(=O)Nc1ccc2c(ccn2CC(=O)O)c1. The maximum Gasteiger partial charge on any atom is 0.323 e. The summed E-state index contributed by atoms with van der Waals surface area (Å²) in [7, 11) is 0. The summed E-state index contributed by atoms with van der Waals surface area (Å²) in [4.78, 5) is 28.7. The fourth-order valence-electron chi connectivity index (χ4n) is 2.68. The first-order valence-corrected chi connectivity index (χ1v) is 9.07. The van der Waals surface area contributed by atoms with Crippen LogP contribution in [0, 0.1) is 6.92 Å². The number of amides is 1. The summed E-state index contributed by atoms with van der Waals surface area (Å²) in [6, 6.07) is 7.27. The number of aliphatic carboxylic acids is 1. The van der Waals surface area contributed by atoms with Gasteiger partial charge in [0.05, 0.1) is 10.7 Å². The second-order valence-electron chi connectivity index (χ2n) is 7.25. The minimum Gasteiger partial charge on any atom is -0.480 e. The summed E-state index contributed by atoms with van der Waals surface area (Å²) in [6.45, 7) is 7.97. The molecule has 2 N–H and O–H groups in total. The van der Waals surface area contributed by atoms with Crippen molar-refractivity contribution in [3.05, 3.63) is 46.0 Å². The number of benzene rings is 1. The highest BCUT2D eigenvalue weighted by molar-refractivity contribution is 7.14. The highest BCUT2D eigenvalue weighted by Gasteiger charge is 2.23. The van der Waals surface area contributed by atoms with Gasteiger partial charge in [-0.3, -0.25) is 9.59 Å². The van der Waals surface area contributed by atoms with Gasteiger partial charge in [-0.25, -0.2) is 4.98 Å². The number of anilines is 1. The number of aryl methyl sites for hydroxylation is 1. The van der Waals surface area contributed by atoms with Crippen LogP contribution in [0.4, 0.5) is 5.69 Å². The van der Waals surface area contributed by atoms with Gasteiger partial charge in [-0.1, -0.05) is 20.8 Å². The number of nitrogens with one attached hydrogen (secondary N) is 1. The third kappa shape index (κ3) is 3.62. The van der Waals surface area contributed by atoms with E-state index in [2.05, 4.69) is 31.1 Å². The number of hydrogen-bond donors (Lipinski definition) is 2. The Bertz CT molecular complexity index is 995. The second-order valence-corrected chi connectivity index (χ2v) is 8.25. The largest absolute Gasteiger partial charge is 0.480 e. The monoisotopic (exact) mass is 371 g/mol. The lowest BCUT2D eigenvalue weighted by atomic mass is 9.98. The normalized spacial score (nSPS) is 11.7. The predicted octanol–water partition coefficient (Wildman–Crippen LogP) is 4.04. The Morgan fingerprint density at radius 3 is 2.62 bits per heavy atom. The number of aromatic nitrogens is 2. The van der Waals surface area contributed by atoms with Gasteiger partial charge in [-0.2, -0.15) is 0 Å². The average Bonchev–Trinajstić information content (AvgIpc) is 3.10. The standard InChI is InChI=1S/C19H21N3O3S/c1-11-16(26-18(20-11)19(2,3)4)17(25)21-13-5-6-14-12(9-13)7-8-22(14)10-15(23)24/h5-9H,10H2,1-4H3,(H,21,25)(H,23,24). The van der Waals surface area contributed by atoms with E-state index in [4.69, 9.17) is 5.11 Å². The molecular weight excluding hydrogens is 350 g/mol. The van der Waals surface area contributed by atoms with Crippen molar-refractivity contribution in [3.63, 3.8) is 0 Å². The number of thiazole rings is 1. The zero-order valence-corrected chi connectivity index (χ0v) is 16.0. The predicted molar refractivity (Wildman–Crippen MR) is 103 cm³/mol. The number of carbonyl (C=O) groups is 2. The maximum atomic E-state index is 12.6. The lowest BCUT2D eigenvalue weighted by Crippen LogP contribution is -2.11. The molecule has 3 aromatic rings. The van der Waals surface area contributed by atoms with Crippen molar-refractivity contribution in [2.75, 3.05) is 5.32 Å². The molecule has 7 heteroatoms. The van der Waals surface area contributed by atoms with Crippen molar-refractivity contribution in [2.24, 2.45) is 0 Å². The number of fused-ring (bicyclic) bond motifs is 1. The molecule has 0 fully saturated rings.